The molecule has 0 saturated heterocycles. The number of hydrogen-bond acceptors (Lipinski definition) is 5. The van der Waals surface area contributed by atoms with Crippen LogP contribution < -0.4 is 10.8 Å². The highest BCUT2D eigenvalue weighted by Gasteiger charge is 2.11. The molecule has 0 radical (unpaired) electrons. The van der Waals surface area contributed by atoms with Crippen LogP contribution in [0.25, 0.3) is 0 Å². The first-order chi connectivity index (χ1) is 13.6. The van der Waals surface area contributed by atoms with E-state index < -0.39 is 16.9 Å². The number of unbranched alkanes of at least 4 members (excludes halogenated alkanes) is 8. The zero-order valence-corrected chi connectivity index (χ0v) is 18.2. The van der Waals surface area contributed by atoms with Gasteiger partial charge in [0.2, 0.25) is 5.78 Å². The first-order valence-electron chi connectivity index (χ1n) is 10.6. The van der Waals surface area contributed by atoms with Gasteiger partial charge in [0, 0.05) is 19.4 Å². The quantitative estimate of drug-likeness (QED) is 0.156. The number of carbonyl (C=O) groups is 2. The zero-order chi connectivity index (χ0) is 20.5. The summed E-state index contributed by atoms with van der Waals surface area (Å²) >= 11 is 0. The summed E-state index contributed by atoms with van der Waals surface area (Å²) < 4.78 is 9.34. The van der Waals surface area contributed by atoms with Gasteiger partial charge in [-0.1, -0.05) is 44.8 Å². The minimum Gasteiger partial charge on any atom is -0.350 e. The lowest BCUT2D eigenvalue weighted by Crippen LogP contribution is -2.31. The van der Waals surface area contributed by atoms with Crippen molar-refractivity contribution in [2.75, 3.05) is 6.54 Å². The molecule has 1 amide bonds. The summed E-state index contributed by atoms with van der Waals surface area (Å²) in [5, 5.41) is 2.73. The molecule has 0 saturated carbocycles. The molecule has 0 aliphatic carbocycles. The molecule has 0 aromatic rings. The lowest BCUT2D eigenvalue weighted by Gasteiger charge is -2.03. The van der Waals surface area contributed by atoms with Gasteiger partial charge in [0.25, 0.3) is 5.91 Å². The van der Waals surface area contributed by atoms with E-state index in [-0.39, 0.29) is 5.78 Å². The number of allylic oxidation sites excluding steroid dienone is 2. The topological polar surface area (TPSA) is 79.8 Å². The van der Waals surface area contributed by atoms with Crippen molar-refractivity contribution in [3.05, 3.63) is 12.2 Å². The number of rotatable bonds is 17. The van der Waals surface area contributed by atoms with Gasteiger partial charge in [-0.3, -0.25) is 9.59 Å². The summed E-state index contributed by atoms with van der Waals surface area (Å²) in [4.78, 5) is 23.2. The molecule has 1 aliphatic heterocycles. The number of amidine groups is 1. The molecule has 6 nitrogen and oxygen atoms in total. The van der Waals surface area contributed by atoms with Crippen LogP contribution in [0.1, 0.15) is 90.4 Å². The summed E-state index contributed by atoms with van der Waals surface area (Å²) in [7, 11) is -0.543. The number of nitrogens with one attached hydrogen (secondary N) is 2. The standard InChI is InChI=1S/C21H37N3O3S/c1-3-4-13-16-19(25)21(26)22-18-15-12-10-8-6-5-7-9-11-14-17-20-23-27-28(2)24-20/h6,8H,2-5,7,9-18H2,1H3,(H,22,26)(H,23,24)/b8-6-. The van der Waals surface area contributed by atoms with E-state index in [1.165, 1.54) is 19.3 Å². The fourth-order valence-electron chi connectivity index (χ4n) is 2.83. The second-order valence-electron chi connectivity index (χ2n) is 7.10. The summed E-state index contributed by atoms with van der Waals surface area (Å²) in [5.41, 5.74) is 2.82. The normalized spacial score (nSPS) is 16.2. The molecule has 28 heavy (non-hydrogen) atoms. The zero-order valence-electron chi connectivity index (χ0n) is 17.3. The van der Waals surface area contributed by atoms with Crippen molar-refractivity contribution in [1.29, 1.82) is 0 Å². The molecule has 0 bridgehead atoms. The molecule has 0 aromatic heterocycles. The van der Waals surface area contributed by atoms with Crippen LogP contribution in [0, 0.1) is 0 Å². The Bertz CT molecular complexity index is 547. The molecule has 0 aromatic carbocycles. The molecule has 160 valence electrons. The smallest absolute Gasteiger partial charge is 0.287 e. The van der Waals surface area contributed by atoms with Crippen LogP contribution in [-0.2, 0) is 13.9 Å². The van der Waals surface area contributed by atoms with E-state index in [2.05, 4.69) is 40.1 Å². The number of carbonyl (C=O) groups excluding carboxylic acids is 2. The predicted octanol–water partition coefficient (Wildman–Crippen LogP) is 4.78. The monoisotopic (exact) mass is 411 g/mol. The minimum atomic E-state index is -0.543. The largest absolute Gasteiger partial charge is 0.350 e. The molecule has 1 rings (SSSR count). The van der Waals surface area contributed by atoms with Crippen LogP contribution in [-0.4, -0.2) is 29.9 Å². The van der Waals surface area contributed by atoms with Crippen molar-refractivity contribution in [1.82, 2.24) is 10.8 Å². The van der Waals surface area contributed by atoms with Gasteiger partial charge in [-0.15, -0.1) is 0 Å². The van der Waals surface area contributed by atoms with Gasteiger partial charge in [0.1, 0.15) is 5.84 Å². The molecule has 1 atom stereocenters. The van der Waals surface area contributed by atoms with E-state index >= 15 is 0 Å². The Labute approximate surface area is 172 Å². The Morgan fingerprint density at radius 2 is 1.79 bits per heavy atom. The van der Waals surface area contributed by atoms with Gasteiger partial charge in [-0.05, 0) is 50.8 Å². The number of ketones is 1. The summed E-state index contributed by atoms with van der Waals surface area (Å²) in [5.74, 6) is 3.97. The second kappa shape index (κ2) is 16.5. The first kappa shape index (κ1) is 24.6. The predicted molar refractivity (Wildman–Crippen MR) is 119 cm³/mol. The van der Waals surface area contributed by atoms with Crippen molar-refractivity contribution >= 4 is 34.3 Å². The Balaban J connectivity index is 1.85. The van der Waals surface area contributed by atoms with E-state index in [4.69, 9.17) is 4.28 Å². The third-order valence-corrected chi connectivity index (χ3v) is 5.21. The van der Waals surface area contributed by atoms with Crippen molar-refractivity contribution in [3.8, 4) is 0 Å². The maximum absolute atomic E-state index is 11.6. The molecule has 7 heteroatoms. The average molecular weight is 412 g/mol. The average Bonchev–Trinajstić information content (AvgIpc) is 3.10. The molecular formula is C21H37N3O3S. The molecule has 1 heterocycles. The number of nitrogens with zero attached hydrogens (tertiary/aromatic N) is 1. The van der Waals surface area contributed by atoms with Crippen molar-refractivity contribution < 1.29 is 13.9 Å². The van der Waals surface area contributed by atoms with Crippen LogP contribution in [0.3, 0.4) is 0 Å². The van der Waals surface area contributed by atoms with Gasteiger partial charge in [0.05, 0.1) is 11.0 Å². The molecule has 1 aliphatic rings. The molecule has 0 fully saturated rings. The van der Waals surface area contributed by atoms with Crippen molar-refractivity contribution in [2.24, 2.45) is 4.40 Å². The Kier molecular flexibility index (Phi) is 14.5. The summed E-state index contributed by atoms with van der Waals surface area (Å²) in [6.07, 6.45) is 17.5. The van der Waals surface area contributed by atoms with E-state index in [1.54, 1.807) is 0 Å². The van der Waals surface area contributed by atoms with Crippen LogP contribution in [0.5, 0.6) is 0 Å². The molecular weight excluding hydrogens is 374 g/mol. The Hall–Kier alpha value is -1.47. The first-order valence-corrected chi connectivity index (χ1v) is 11.9. The summed E-state index contributed by atoms with van der Waals surface area (Å²) in [6.45, 7) is 2.67. The molecule has 2 N–H and O–H groups in total. The van der Waals surface area contributed by atoms with E-state index in [9.17, 15) is 9.59 Å². The number of hydrogen-bond donors (Lipinski definition) is 2. The maximum Gasteiger partial charge on any atom is 0.287 e. The minimum absolute atomic E-state index is 0.277. The third-order valence-electron chi connectivity index (χ3n) is 4.51. The molecule has 1 unspecified atom stereocenters. The van der Waals surface area contributed by atoms with Crippen LogP contribution in [0.15, 0.2) is 16.5 Å². The lowest BCUT2D eigenvalue weighted by molar-refractivity contribution is -0.138. The van der Waals surface area contributed by atoms with Crippen LogP contribution >= 0.6 is 11.0 Å². The van der Waals surface area contributed by atoms with Gasteiger partial charge in [0.15, 0.2) is 0 Å². The van der Waals surface area contributed by atoms with Crippen LogP contribution in [0.2, 0.25) is 0 Å². The molecule has 0 spiro atoms. The number of Topliss-reactive ketones (excluding diaryl/α,β-unsaturated/α-hetero) is 1. The van der Waals surface area contributed by atoms with Crippen LogP contribution in [0.4, 0.5) is 0 Å². The Morgan fingerprint density at radius 1 is 1.07 bits per heavy atom. The highest BCUT2D eigenvalue weighted by atomic mass is 32.2. The van der Waals surface area contributed by atoms with E-state index in [1.807, 2.05) is 0 Å². The Morgan fingerprint density at radius 3 is 2.46 bits per heavy atom. The number of hydroxylamine groups is 1. The maximum atomic E-state index is 11.6. The third kappa shape index (κ3) is 12.8. The fourth-order valence-corrected chi connectivity index (χ4v) is 3.44. The van der Waals surface area contributed by atoms with Crippen molar-refractivity contribution in [2.45, 2.75) is 90.4 Å². The fraction of sp³-hybridized carbons (Fsp3) is 0.714. The summed E-state index contributed by atoms with van der Waals surface area (Å²) in [6, 6.07) is 0. The van der Waals surface area contributed by atoms with E-state index in [0.717, 1.165) is 63.6 Å². The highest BCUT2D eigenvalue weighted by molar-refractivity contribution is 8.09. The SMILES string of the molecule is C=S1N=C(CCCCCC/C=C\CCCCNC(=O)C(=O)CCCCC)NO1. The second-order valence-corrected chi connectivity index (χ2v) is 8.09. The lowest BCUT2D eigenvalue weighted by atomic mass is 10.1. The number of amides is 1. The van der Waals surface area contributed by atoms with Gasteiger partial charge in [-0.25, -0.2) is 5.48 Å². The van der Waals surface area contributed by atoms with Gasteiger partial charge < -0.3 is 5.32 Å². The highest BCUT2D eigenvalue weighted by Crippen LogP contribution is 2.18. The van der Waals surface area contributed by atoms with Gasteiger partial charge >= 0.3 is 0 Å². The van der Waals surface area contributed by atoms with Crippen molar-refractivity contribution in [3.63, 3.8) is 0 Å². The van der Waals surface area contributed by atoms with Gasteiger partial charge in [-0.2, -0.15) is 8.68 Å². The van der Waals surface area contributed by atoms with E-state index in [0.29, 0.717) is 13.0 Å².